The molecular formula is C19H16N2. The van der Waals surface area contributed by atoms with Gasteiger partial charge in [-0.25, -0.2) is 0 Å². The molecule has 0 aliphatic heterocycles. The summed E-state index contributed by atoms with van der Waals surface area (Å²) < 4.78 is 0. The van der Waals surface area contributed by atoms with Crippen LogP contribution in [-0.4, -0.2) is 4.98 Å². The second-order valence-electron chi connectivity index (χ2n) is 5.19. The van der Waals surface area contributed by atoms with Crippen molar-refractivity contribution in [2.24, 2.45) is 0 Å². The van der Waals surface area contributed by atoms with Gasteiger partial charge in [0.15, 0.2) is 0 Å². The first-order valence-corrected chi connectivity index (χ1v) is 6.99. The fourth-order valence-electron chi connectivity index (χ4n) is 2.68. The monoisotopic (exact) mass is 272 g/mol. The number of H-pyrrole nitrogens is 1. The van der Waals surface area contributed by atoms with E-state index >= 15 is 0 Å². The van der Waals surface area contributed by atoms with E-state index in [9.17, 15) is 0 Å². The van der Waals surface area contributed by atoms with Gasteiger partial charge >= 0.3 is 0 Å². The van der Waals surface area contributed by atoms with Crippen LogP contribution in [0.1, 0.15) is 22.3 Å². The molecule has 0 fully saturated rings. The second-order valence-corrected chi connectivity index (χ2v) is 5.19. The maximum Gasteiger partial charge on any atom is 0.101 e. The van der Waals surface area contributed by atoms with Crippen LogP contribution < -0.4 is 0 Å². The Balaban J connectivity index is 2.05. The number of aromatic nitrogens is 1. The van der Waals surface area contributed by atoms with Gasteiger partial charge in [-0.15, -0.1) is 0 Å². The van der Waals surface area contributed by atoms with Gasteiger partial charge in [-0.3, -0.25) is 0 Å². The number of nitrogens with zero attached hydrogens (tertiary/aromatic N) is 1. The van der Waals surface area contributed by atoms with Crippen molar-refractivity contribution < 1.29 is 0 Å². The molecule has 3 aromatic rings. The fourth-order valence-corrected chi connectivity index (χ4v) is 2.68. The maximum absolute atomic E-state index is 9.00. The van der Waals surface area contributed by atoms with Gasteiger partial charge < -0.3 is 4.98 Å². The zero-order valence-electron chi connectivity index (χ0n) is 11.9. The molecule has 1 heterocycles. The van der Waals surface area contributed by atoms with Crippen molar-refractivity contribution in [2.75, 3.05) is 0 Å². The van der Waals surface area contributed by atoms with Crippen LogP contribution in [0.5, 0.6) is 0 Å². The molecule has 1 aromatic heterocycles. The van der Waals surface area contributed by atoms with Crippen molar-refractivity contribution in [3.05, 3.63) is 83.0 Å². The minimum Gasteiger partial charge on any atom is -0.360 e. The normalized spacial score (nSPS) is 10.3. The summed E-state index contributed by atoms with van der Waals surface area (Å²) in [6, 6.07) is 20.9. The van der Waals surface area contributed by atoms with E-state index in [-0.39, 0.29) is 0 Å². The van der Waals surface area contributed by atoms with Crippen LogP contribution in [0.3, 0.4) is 0 Å². The Morgan fingerprint density at radius 3 is 2.57 bits per heavy atom. The van der Waals surface area contributed by atoms with Crippen molar-refractivity contribution >= 4 is 0 Å². The number of hydrogen-bond donors (Lipinski definition) is 1. The minimum atomic E-state index is 0.666. The van der Waals surface area contributed by atoms with E-state index in [0.29, 0.717) is 5.56 Å². The van der Waals surface area contributed by atoms with Gasteiger partial charge in [0.05, 0.1) is 5.56 Å². The van der Waals surface area contributed by atoms with E-state index in [4.69, 9.17) is 5.26 Å². The molecule has 0 saturated carbocycles. The third kappa shape index (κ3) is 2.73. The lowest BCUT2D eigenvalue weighted by Crippen LogP contribution is -1.95. The molecule has 3 rings (SSSR count). The van der Waals surface area contributed by atoms with Crippen molar-refractivity contribution in [1.29, 1.82) is 5.26 Å². The molecule has 0 aliphatic carbocycles. The van der Waals surface area contributed by atoms with Crippen molar-refractivity contribution in [2.45, 2.75) is 13.3 Å². The summed E-state index contributed by atoms with van der Waals surface area (Å²) in [6.07, 6.45) is 2.65. The summed E-state index contributed by atoms with van der Waals surface area (Å²) in [6.45, 7) is 2.11. The molecule has 0 radical (unpaired) electrons. The van der Waals surface area contributed by atoms with Crippen molar-refractivity contribution in [3.63, 3.8) is 0 Å². The molecular weight excluding hydrogens is 256 g/mol. The Bertz CT molecular complexity index is 792. The lowest BCUT2D eigenvalue weighted by Gasteiger charge is -2.11. The van der Waals surface area contributed by atoms with Gasteiger partial charge in [0.25, 0.3) is 0 Å². The minimum absolute atomic E-state index is 0.666. The highest BCUT2D eigenvalue weighted by molar-refractivity contribution is 5.69. The smallest absolute Gasteiger partial charge is 0.101 e. The Morgan fingerprint density at radius 2 is 1.86 bits per heavy atom. The summed E-state index contributed by atoms with van der Waals surface area (Å²) in [5.41, 5.74) is 6.65. The molecule has 0 spiro atoms. The predicted octanol–water partition coefficient (Wildman–Crippen LogP) is 4.45. The van der Waals surface area contributed by atoms with Gasteiger partial charge in [0.2, 0.25) is 0 Å². The number of nitrogens with one attached hydrogen (secondary N) is 1. The molecule has 2 heteroatoms. The summed E-state index contributed by atoms with van der Waals surface area (Å²) >= 11 is 0. The van der Waals surface area contributed by atoms with E-state index < -0.39 is 0 Å². The van der Waals surface area contributed by atoms with E-state index in [1.807, 2.05) is 12.1 Å². The third-order valence-electron chi connectivity index (χ3n) is 3.68. The molecule has 2 nitrogen and oxygen atoms in total. The molecule has 102 valence electrons. The third-order valence-corrected chi connectivity index (χ3v) is 3.68. The number of rotatable bonds is 3. The topological polar surface area (TPSA) is 39.6 Å². The number of aromatic amines is 1. The molecule has 0 saturated heterocycles. The molecule has 0 amide bonds. The van der Waals surface area contributed by atoms with Crippen LogP contribution in [0.4, 0.5) is 0 Å². The van der Waals surface area contributed by atoms with Gasteiger partial charge in [-0.2, -0.15) is 5.26 Å². The lowest BCUT2D eigenvalue weighted by molar-refractivity contribution is 1.18. The van der Waals surface area contributed by atoms with Gasteiger partial charge in [0.1, 0.15) is 6.07 Å². The first kappa shape index (κ1) is 13.2. The van der Waals surface area contributed by atoms with Crippen molar-refractivity contribution in [1.82, 2.24) is 4.98 Å². The van der Waals surface area contributed by atoms with E-state index in [1.54, 1.807) is 6.20 Å². The number of aryl methyl sites for hydroxylation is 1. The Kier molecular flexibility index (Phi) is 3.57. The van der Waals surface area contributed by atoms with Crippen LogP contribution in [0.2, 0.25) is 0 Å². The van der Waals surface area contributed by atoms with Crippen LogP contribution in [0.15, 0.2) is 60.8 Å². The van der Waals surface area contributed by atoms with E-state index in [2.05, 4.69) is 60.4 Å². The zero-order valence-corrected chi connectivity index (χ0v) is 11.9. The lowest BCUT2D eigenvalue weighted by atomic mass is 9.94. The fraction of sp³-hybridized carbons (Fsp3) is 0.105. The molecule has 21 heavy (non-hydrogen) atoms. The molecule has 0 aliphatic rings. The molecule has 0 bridgehead atoms. The van der Waals surface area contributed by atoms with Crippen molar-refractivity contribution in [3.8, 4) is 17.3 Å². The highest BCUT2D eigenvalue weighted by Gasteiger charge is 2.10. The summed E-state index contributed by atoms with van der Waals surface area (Å²) in [4.78, 5) is 3.22. The first-order valence-electron chi connectivity index (χ1n) is 6.99. The van der Waals surface area contributed by atoms with Crippen LogP contribution in [0.25, 0.3) is 11.3 Å². The number of hydrogen-bond acceptors (Lipinski definition) is 1. The van der Waals surface area contributed by atoms with Crippen LogP contribution in [0, 0.1) is 18.3 Å². The standard InChI is InChI=1S/C19H16N2/c1-14-6-5-9-17(10-15-7-3-2-4-8-15)19(14)18-11-16(12-20)13-21-18/h2-9,11,13,21H,10H2,1H3. The van der Waals surface area contributed by atoms with Gasteiger partial charge in [-0.1, -0.05) is 48.5 Å². The summed E-state index contributed by atoms with van der Waals surface area (Å²) in [5, 5.41) is 9.00. The first-order chi connectivity index (χ1) is 10.3. The highest BCUT2D eigenvalue weighted by Crippen LogP contribution is 2.28. The quantitative estimate of drug-likeness (QED) is 0.751. The molecule has 0 atom stereocenters. The molecule has 2 aromatic carbocycles. The SMILES string of the molecule is Cc1cccc(Cc2ccccc2)c1-c1cc(C#N)c[nH]1. The van der Waals surface area contributed by atoms with Gasteiger partial charge in [0, 0.05) is 17.5 Å². The Labute approximate surface area is 124 Å². The van der Waals surface area contributed by atoms with Crippen LogP contribution in [-0.2, 0) is 6.42 Å². The average molecular weight is 272 g/mol. The number of benzene rings is 2. The number of nitriles is 1. The van der Waals surface area contributed by atoms with E-state index in [0.717, 1.165) is 12.1 Å². The summed E-state index contributed by atoms with van der Waals surface area (Å²) in [5.74, 6) is 0. The average Bonchev–Trinajstić information content (AvgIpc) is 2.97. The van der Waals surface area contributed by atoms with Gasteiger partial charge in [-0.05, 0) is 36.1 Å². The second kappa shape index (κ2) is 5.68. The zero-order chi connectivity index (χ0) is 14.7. The predicted molar refractivity (Wildman–Crippen MR) is 84.9 cm³/mol. The highest BCUT2D eigenvalue weighted by atomic mass is 14.7. The Hall–Kier alpha value is -2.79. The molecule has 0 unspecified atom stereocenters. The summed E-state index contributed by atoms with van der Waals surface area (Å²) in [7, 11) is 0. The van der Waals surface area contributed by atoms with E-state index in [1.165, 1.54) is 22.3 Å². The Morgan fingerprint density at radius 1 is 1.05 bits per heavy atom. The maximum atomic E-state index is 9.00. The van der Waals surface area contributed by atoms with Crippen LogP contribution >= 0.6 is 0 Å². The molecule has 1 N–H and O–H groups in total. The largest absolute Gasteiger partial charge is 0.360 e.